The van der Waals surface area contributed by atoms with E-state index in [1.54, 1.807) is 41.8 Å². The highest BCUT2D eigenvalue weighted by atomic mass is 32.1. The van der Waals surface area contributed by atoms with Crippen LogP contribution in [-0.4, -0.2) is 29.0 Å². The van der Waals surface area contributed by atoms with Crippen LogP contribution in [0.15, 0.2) is 47.8 Å². The largest absolute Gasteiger partial charge is 0.480 e. The maximum atomic E-state index is 11.9. The average Bonchev–Trinajstić information content (AvgIpc) is 3.07. The molecule has 0 spiro atoms. The number of ketones is 1. The zero-order valence-electron chi connectivity index (χ0n) is 12.1. The van der Waals surface area contributed by atoms with Gasteiger partial charge in [-0.2, -0.15) is 0 Å². The maximum absolute atomic E-state index is 11.9. The van der Waals surface area contributed by atoms with Crippen molar-refractivity contribution in [3.05, 3.63) is 58.3 Å². The van der Waals surface area contributed by atoms with Gasteiger partial charge in [0.1, 0.15) is 12.6 Å². The highest BCUT2D eigenvalue weighted by Crippen LogP contribution is 2.12. The van der Waals surface area contributed by atoms with Crippen molar-refractivity contribution in [2.75, 3.05) is 0 Å². The molecule has 1 amide bonds. The van der Waals surface area contributed by atoms with Gasteiger partial charge in [0.25, 0.3) is 0 Å². The van der Waals surface area contributed by atoms with Crippen LogP contribution in [0.25, 0.3) is 0 Å². The molecule has 2 N–H and O–H groups in total. The first-order valence-corrected chi connectivity index (χ1v) is 7.71. The van der Waals surface area contributed by atoms with Crippen LogP contribution in [0.3, 0.4) is 0 Å². The number of carboxylic acids is 1. The van der Waals surface area contributed by atoms with Crippen molar-refractivity contribution >= 4 is 29.2 Å². The van der Waals surface area contributed by atoms with Gasteiger partial charge in [-0.1, -0.05) is 36.4 Å². The van der Waals surface area contributed by atoms with Gasteiger partial charge in [-0.15, -0.1) is 11.3 Å². The Bertz CT molecular complexity index is 669. The van der Waals surface area contributed by atoms with Crippen LogP contribution in [0.1, 0.15) is 21.7 Å². The van der Waals surface area contributed by atoms with Crippen molar-refractivity contribution in [3.8, 4) is 0 Å². The third kappa shape index (κ3) is 5.23. The predicted molar refractivity (Wildman–Crippen MR) is 84.5 cm³/mol. The van der Waals surface area contributed by atoms with E-state index in [-0.39, 0.29) is 18.8 Å². The van der Waals surface area contributed by atoms with E-state index in [0.717, 1.165) is 5.56 Å². The van der Waals surface area contributed by atoms with Crippen molar-refractivity contribution in [3.63, 3.8) is 0 Å². The number of rotatable bonds is 7. The van der Waals surface area contributed by atoms with E-state index in [2.05, 4.69) is 5.32 Å². The summed E-state index contributed by atoms with van der Waals surface area (Å²) in [5.74, 6) is -1.62. The lowest BCUT2D eigenvalue weighted by Crippen LogP contribution is -2.42. The number of amides is 1. The molecule has 7 heteroatoms. The van der Waals surface area contributed by atoms with Crippen molar-refractivity contribution in [2.45, 2.75) is 19.1 Å². The highest BCUT2D eigenvalue weighted by Gasteiger charge is 2.24. The molecule has 0 saturated carbocycles. The Kier molecular flexibility index (Phi) is 5.87. The Morgan fingerprint density at radius 2 is 1.87 bits per heavy atom. The number of hydrogen-bond donors (Lipinski definition) is 2. The molecule has 1 atom stereocenters. The van der Waals surface area contributed by atoms with E-state index < -0.39 is 18.1 Å². The molecule has 0 aliphatic carbocycles. The maximum Gasteiger partial charge on any atom is 0.408 e. The number of hydrogen-bond acceptors (Lipinski definition) is 5. The summed E-state index contributed by atoms with van der Waals surface area (Å²) in [4.78, 5) is 35.3. The second-order valence-corrected chi connectivity index (χ2v) is 5.65. The molecule has 6 nitrogen and oxygen atoms in total. The van der Waals surface area contributed by atoms with E-state index in [1.165, 1.54) is 11.3 Å². The van der Waals surface area contributed by atoms with Crippen LogP contribution < -0.4 is 5.32 Å². The molecule has 0 saturated heterocycles. The van der Waals surface area contributed by atoms with Crippen molar-refractivity contribution in [1.82, 2.24) is 5.32 Å². The third-order valence-corrected chi connectivity index (χ3v) is 3.90. The first-order valence-electron chi connectivity index (χ1n) is 6.83. The van der Waals surface area contributed by atoms with Gasteiger partial charge in [0.2, 0.25) is 0 Å². The second-order valence-electron chi connectivity index (χ2n) is 4.70. The molecule has 1 unspecified atom stereocenters. The van der Waals surface area contributed by atoms with E-state index in [9.17, 15) is 14.4 Å². The molecule has 0 radical (unpaired) electrons. The van der Waals surface area contributed by atoms with E-state index >= 15 is 0 Å². The fraction of sp³-hybridized carbons (Fsp3) is 0.188. The van der Waals surface area contributed by atoms with Gasteiger partial charge in [0.05, 0.1) is 4.88 Å². The topological polar surface area (TPSA) is 92.7 Å². The van der Waals surface area contributed by atoms with Crippen LogP contribution in [-0.2, 0) is 16.1 Å². The monoisotopic (exact) mass is 333 g/mol. The molecule has 1 aromatic carbocycles. The predicted octanol–water partition coefficient (Wildman–Crippen LogP) is 2.70. The minimum Gasteiger partial charge on any atom is -0.480 e. The van der Waals surface area contributed by atoms with Gasteiger partial charge in [-0.3, -0.25) is 4.79 Å². The van der Waals surface area contributed by atoms with Crippen LogP contribution in [0.5, 0.6) is 0 Å². The smallest absolute Gasteiger partial charge is 0.408 e. The van der Waals surface area contributed by atoms with Gasteiger partial charge in [0.15, 0.2) is 5.78 Å². The molecule has 2 rings (SSSR count). The minimum atomic E-state index is -1.33. The summed E-state index contributed by atoms with van der Waals surface area (Å²) in [6.45, 7) is 0.0257. The number of alkyl carbamates (subject to hydrolysis) is 1. The summed E-state index contributed by atoms with van der Waals surface area (Å²) in [6.07, 6.45) is -1.20. The Morgan fingerprint density at radius 1 is 1.13 bits per heavy atom. The number of thiophene rings is 1. The third-order valence-electron chi connectivity index (χ3n) is 2.99. The molecule has 0 fully saturated rings. The number of aliphatic carboxylic acids is 1. The van der Waals surface area contributed by atoms with Crippen LogP contribution >= 0.6 is 11.3 Å². The summed E-state index contributed by atoms with van der Waals surface area (Å²) < 4.78 is 4.96. The second kappa shape index (κ2) is 8.09. The zero-order valence-corrected chi connectivity index (χ0v) is 12.9. The summed E-state index contributed by atoms with van der Waals surface area (Å²) in [6, 6.07) is 11.0. The van der Waals surface area contributed by atoms with Crippen LogP contribution in [0.4, 0.5) is 4.79 Å². The molecule has 0 bridgehead atoms. The molecule has 0 aliphatic rings. The van der Waals surface area contributed by atoms with E-state index in [4.69, 9.17) is 9.84 Å². The average molecular weight is 333 g/mol. The van der Waals surface area contributed by atoms with Gasteiger partial charge in [0, 0.05) is 6.42 Å². The number of Topliss-reactive ketones (excluding diaryl/α,β-unsaturated/α-hetero) is 1. The quantitative estimate of drug-likeness (QED) is 0.760. The van der Waals surface area contributed by atoms with E-state index in [0.29, 0.717) is 4.88 Å². The molecule has 1 aromatic heterocycles. The molecule has 0 aliphatic heterocycles. The normalized spacial score (nSPS) is 11.5. The molecule has 2 aromatic rings. The van der Waals surface area contributed by atoms with Crippen LogP contribution in [0, 0.1) is 0 Å². The lowest BCUT2D eigenvalue weighted by molar-refractivity contribution is -0.139. The lowest BCUT2D eigenvalue weighted by atomic mass is 10.1. The van der Waals surface area contributed by atoms with Gasteiger partial charge in [-0.25, -0.2) is 9.59 Å². The standard InChI is InChI=1S/C16H15NO5S/c18-13(14-7-4-8-23-14)9-12(15(19)20)17-16(21)22-10-11-5-2-1-3-6-11/h1-8,12H,9-10H2,(H,17,21)(H,19,20). The summed E-state index contributed by atoms with van der Waals surface area (Å²) in [5, 5.41) is 13.1. The van der Waals surface area contributed by atoms with Gasteiger partial charge < -0.3 is 15.2 Å². The molecular formula is C16H15NO5S. The Labute approximate surface area is 136 Å². The van der Waals surface area contributed by atoms with Gasteiger partial charge >= 0.3 is 12.1 Å². The number of ether oxygens (including phenoxy) is 1. The van der Waals surface area contributed by atoms with Gasteiger partial charge in [-0.05, 0) is 17.0 Å². The Hall–Kier alpha value is -2.67. The van der Waals surface area contributed by atoms with Crippen LogP contribution in [0.2, 0.25) is 0 Å². The Morgan fingerprint density at radius 3 is 2.48 bits per heavy atom. The summed E-state index contributed by atoms with van der Waals surface area (Å²) in [7, 11) is 0. The number of nitrogens with one attached hydrogen (secondary N) is 1. The van der Waals surface area contributed by atoms with Crippen molar-refractivity contribution in [1.29, 1.82) is 0 Å². The van der Waals surface area contributed by atoms with Crippen molar-refractivity contribution < 1.29 is 24.2 Å². The molecule has 120 valence electrons. The molecular weight excluding hydrogens is 318 g/mol. The number of carbonyl (C=O) groups excluding carboxylic acids is 2. The lowest BCUT2D eigenvalue weighted by Gasteiger charge is -2.13. The first-order chi connectivity index (χ1) is 11.1. The number of benzene rings is 1. The highest BCUT2D eigenvalue weighted by molar-refractivity contribution is 7.12. The number of carbonyl (C=O) groups is 3. The fourth-order valence-electron chi connectivity index (χ4n) is 1.83. The molecule has 23 heavy (non-hydrogen) atoms. The summed E-state index contributed by atoms with van der Waals surface area (Å²) >= 11 is 1.22. The Balaban J connectivity index is 1.87. The number of carboxylic acid groups (broad SMARTS) is 1. The minimum absolute atomic E-state index is 0.0257. The first kappa shape index (κ1) is 16.7. The zero-order chi connectivity index (χ0) is 16.7. The summed E-state index contributed by atoms with van der Waals surface area (Å²) in [5.41, 5.74) is 0.782. The SMILES string of the molecule is O=C(NC(CC(=O)c1cccs1)C(=O)O)OCc1ccccc1. The molecule has 1 heterocycles. The van der Waals surface area contributed by atoms with Crippen molar-refractivity contribution in [2.24, 2.45) is 0 Å². The van der Waals surface area contributed by atoms with E-state index in [1.807, 2.05) is 6.07 Å². The fourth-order valence-corrected chi connectivity index (χ4v) is 2.51.